The van der Waals surface area contributed by atoms with Crippen LogP contribution < -0.4 is 0 Å². The van der Waals surface area contributed by atoms with Crippen molar-refractivity contribution in [2.24, 2.45) is 0 Å². The molecule has 0 spiro atoms. The Labute approximate surface area is 103 Å². The Hall–Kier alpha value is -0.790. The second-order valence-corrected chi connectivity index (χ2v) is 4.43. The third-order valence-electron chi connectivity index (χ3n) is 2.62. The van der Waals surface area contributed by atoms with Crippen LogP contribution in [0.3, 0.4) is 0 Å². The predicted molar refractivity (Wildman–Crippen MR) is 69.7 cm³/mol. The summed E-state index contributed by atoms with van der Waals surface area (Å²) in [6.07, 6.45) is 6.76. The smallest absolute Gasteiger partial charge is 0.0790 e. The summed E-state index contributed by atoms with van der Waals surface area (Å²) in [6, 6.07) is 7.44. The molecule has 0 radical (unpaired) electrons. The molecule has 0 aliphatic carbocycles. The van der Waals surface area contributed by atoms with E-state index in [2.05, 4.69) is 6.58 Å². The summed E-state index contributed by atoms with van der Waals surface area (Å²) in [5.74, 6) is 0. The zero-order valence-corrected chi connectivity index (χ0v) is 10.3. The standard InChI is InChI=1S/C14H19ClO/c1-2-3-4-5-6-10-14(16)12-8-7-9-13(15)11-12/h2,7-9,11,14,16H,1,3-6,10H2. The van der Waals surface area contributed by atoms with Crippen LogP contribution >= 0.6 is 11.6 Å². The number of hydrogen-bond donors (Lipinski definition) is 1. The van der Waals surface area contributed by atoms with Crippen LogP contribution in [-0.2, 0) is 0 Å². The molecule has 88 valence electrons. The van der Waals surface area contributed by atoms with Gasteiger partial charge in [0.05, 0.1) is 6.10 Å². The van der Waals surface area contributed by atoms with Gasteiger partial charge in [-0.15, -0.1) is 6.58 Å². The topological polar surface area (TPSA) is 20.2 Å². The Morgan fingerprint density at radius 1 is 1.31 bits per heavy atom. The molecule has 1 aromatic carbocycles. The monoisotopic (exact) mass is 238 g/mol. The van der Waals surface area contributed by atoms with Gasteiger partial charge in [-0.1, -0.05) is 42.7 Å². The van der Waals surface area contributed by atoms with Gasteiger partial charge >= 0.3 is 0 Å². The zero-order valence-electron chi connectivity index (χ0n) is 9.53. The highest BCUT2D eigenvalue weighted by molar-refractivity contribution is 6.30. The first-order valence-electron chi connectivity index (χ1n) is 5.78. The highest BCUT2D eigenvalue weighted by atomic mass is 35.5. The average molecular weight is 239 g/mol. The van der Waals surface area contributed by atoms with Crippen molar-refractivity contribution in [2.45, 2.75) is 38.2 Å². The number of benzene rings is 1. The van der Waals surface area contributed by atoms with Crippen molar-refractivity contribution in [3.05, 3.63) is 47.5 Å². The van der Waals surface area contributed by atoms with E-state index in [0.717, 1.165) is 37.7 Å². The quantitative estimate of drug-likeness (QED) is 0.547. The Bertz CT molecular complexity index is 322. The number of aliphatic hydroxyl groups excluding tert-OH is 1. The van der Waals surface area contributed by atoms with Gasteiger partial charge in [0.2, 0.25) is 0 Å². The van der Waals surface area contributed by atoms with Crippen LogP contribution in [0.4, 0.5) is 0 Å². The number of aliphatic hydroxyl groups is 1. The molecule has 0 aliphatic heterocycles. The number of rotatable bonds is 7. The molecule has 1 atom stereocenters. The molecule has 0 bridgehead atoms. The fourth-order valence-electron chi connectivity index (χ4n) is 1.68. The molecule has 1 rings (SSSR count). The summed E-state index contributed by atoms with van der Waals surface area (Å²) < 4.78 is 0. The maximum Gasteiger partial charge on any atom is 0.0790 e. The lowest BCUT2D eigenvalue weighted by molar-refractivity contribution is 0.163. The van der Waals surface area contributed by atoms with Crippen LogP contribution in [0.5, 0.6) is 0 Å². The first-order valence-corrected chi connectivity index (χ1v) is 6.16. The van der Waals surface area contributed by atoms with Crippen molar-refractivity contribution in [3.8, 4) is 0 Å². The lowest BCUT2D eigenvalue weighted by Gasteiger charge is -2.10. The maximum atomic E-state index is 9.92. The van der Waals surface area contributed by atoms with Gasteiger partial charge in [-0.05, 0) is 37.0 Å². The van der Waals surface area contributed by atoms with E-state index in [9.17, 15) is 5.11 Å². The van der Waals surface area contributed by atoms with Crippen molar-refractivity contribution < 1.29 is 5.11 Å². The molecule has 1 nitrogen and oxygen atoms in total. The lowest BCUT2D eigenvalue weighted by Crippen LogP contribution is -1.97. The lowest BCUT2D eigenvalue weighted by atomic mass is 10.0. The van der Waals surface area contributed by atoms with Crippen LogP contribution in [0, 0.1) is 0 Å². The molecule has 0 heterocycles. The molecule has 0 amide bonds. The van der Waals surface area contributed by atoms with Gasteiger partial charge in [0.15, 0.2) is 0 Å². The van der Waals surface area contributed by atoms with Gasteiger partial charge < -0.3 is 5.11 Å². The van der Waals surface area contributed by atoms with Crippen molar-refractivity contribution in [2.75, 3.05) is 0 Å². The number of hydrogen-bond acceptors (Lipinski definition) is 1. The number of unbranched alkanes of at least 4 members (excludes halogenated alkanes) is 3. The summed E-state index contributed by atoms with van der Waals surface area (Å²) in [6.45, 7) is 3.69. The second-order valence-electron chi connectivity index (χ2n) is 4.00. The normalized spacial score (nSPS) is 12.4. The summed E-state index contributed by atoms with van der Waals surface area (Å²) in [7, 11) is 0. The molecule has 2 heteroatoms. The SMILES string of the molecule is C=CCCCCCC(O)c1cccc(Cl)c1. The molecule has 16 heavy (non-hydrogen) atoms. The molecule has 1 aromatic rings. The molecule has 0 fully saturated rings. The third-order valence-corrected chi connectivity index (χ3v) is 2.85. The van der Waals surface area contributed by atoms with Crippen LogP contribution in [0.15, 0.2) is 36.9 Å². The van der Waals surface area contributed by atoms with Gasteiger partial charge in [-0.25, -0.2) is 0 Å². The Balaban J connectivity index is 2.29. The van der Waals surface area contributed by atoms with E-state index in [0.29, 0.717) is 5.02 Å². The molecule has 0 aromatic heterocycles. The van der Waals surface area contributed by atoms with Crippen LogP contribution in [0.25, 0.3) is 0 Å². The van der Waals surface area contributed by atoms with Gasteiger partial charge in [0, 0.05) is 5.02 Å². The van der Waals surface area contributed by atoms with Gasteiger partial charge in [0.25, 0.3) is 0 Å². The predicted octanol–water partition coefficient (Wildman–Crippen LogP) is 4.51. The van der Waals surface area contributed by atoms with Gasteiger partial charge in [0.1, 0.15) is 0 Å². The minimum Gasteiger partial charge on any atom is -0.388 e. The van der Waals surface area contributed by atoms with Crippen LogP contribution in [0.2, 0.25) is 5.02 Å². The Morgan fingerprint density at radius 3 is 2.81 bits per heavy atom. The van der Waals surface area contributed by atoms with Gasteiger partial charge in [-0.2, -0.15) is 0 Å². The van der Waals surface area contributed by atoms with Crippen molar-refractivity contribution >= 4 is 11.6 Å². The maximum absolute atomic E-state index is 9.92. The first kappa shape index (κ1) is 13.3. The van der Waals surface area contributed by atoms with E-state index < -0.39 is 0 Å². The highest BCUT2D eigenvalue weighted by Crippen LogP contribution is 2.22. The number of halogens is 1. The van der Waals surface area contributed by atoms with Crippen LogP contribution in [0.1, 0.15) is 43.8 Å². The largest absolute Gasteiger partial charge is 0.388 e. The van der Waals surface area contributed by atoms with E-state index in [-0.39, 0.29) is 6.10 Å². The Morgan fingerprint density at radius 2 is 2.12 bits per heavy atom. The van der Waals surface area contributed by atoms with E-state index in [1.54, 1.807) is 0 Å². The Kier molecular flexibility index (Phi) is 6.20. The van der Waals surface area contributed by atoms with Crippen molar-refractivity contribution in [3.63, 3.8) is 0 Å². The number of allylic oxidation sites excluding steroid dienone is 1. The van der Waals surface area contributed by atoms with Gasteiger partial charge in [-0.3, -0.25) is 0 Å². The molecular formula is C14H19ClO. The fraction of sp³-hybridized carbons (Fsp3) is 0.429. The second kappa shape index (κ2) is 7.48. The van der Waals surface area contributed by atoms with E-state index in [1.165, 1.54) is 0 Å². The highest BCUT2D eigenvalue weighted by Gasteiger charge is 2.06. The minimum atomic E-state index is -0.387. The van der Waals surface area contributed by atoms with Crippen LogP contribution in [-0.4, -0.2) is 5.11 Å². The average Bonchev–Trinajstić information content (AvgIpc) is 2.28. The third kappa shape index (κ3) is 4.82. The molecule has 0 saturated carbocycles. The van der Waals surface area contributed by atoms with E-state index >= 15 is 0 Å². The summed E-state index contributed by atoms with van der Waals surface area (Å²) in [4.78, 5) is 0. The van der Waals surface area contributed by atoms with Crippen molar-refractivity contribution in [1.82, 2.24) is 0 Å². The molecular weight excluding hydrogens is 220 g/mol. The summed E-state index contributed by atoms with van der Waals surface area (Å²) in [5.41, 5.74) is 0.913. The summed E-state index contributed by atoms with van der Waals surface area (Å²) in [5, 5.41) is 10.6. The van der Waals surface area contributed by atoms with E-state index in [1.807, 2.05) is 30.3 Å². The molecule has 1 unspecified atom stereocenters. The molecule has 0 saturated heterocycles. The molecule has 0 aliphatic rings. The van der Waals surface area contributed by atoms with E-state index in [4.69, 9.17) is 11.6 Å². The first-order chi connectivity index (χ1) is 7.74. The summed E-state index contributed by atoms with van der Waals surface area (Å²) >= 11 is 5.87. The molecule has 1 N–H and O–H groups in total. The fourth-order valence-corrected chi connectivity index (χ4v) is 1.88. The van der Waals surface area contributed by atoms with Crippen molar-refractivity contribution in [1.29, 1.82) is 0 Å². The minimum absolute atomic E-state index is 0.387. The zero-order chi connectivity index (χ0) is 11.8.